The standard InChI is InChI=1S/C13H20N2O2/c1-8-7-9(2)14-12(8)13(17)15-10-5-3-4-6-11(10)16/h7,10-11,14,16H,3-6H2,1-2H3,(H,15,17). The van der Waals surface area contributed by atoms with Crippen LogP contribution in [-0.4, -0.2) is 28.1 Å². The smallest absolute Gasteiger partial charge is 0.268 e. The molecule has 1 fully saturated rings. The number of amides is 1. The van der Waals surface area contributed by atoms with Crippen molar-refractivity contribution in [2.75, 3.05) is 0 Å². The van der Waals surface area contributed by atoms with Gasteiger partial charge in [0.1, 0.15) is 5.69 Å². The minimum Gasteiger partial charge on any atom is -0.391 e. The van der Waals surface area contributed by atoms with E-state index < -0.39 is 6.10 Å². The van der Waals surface area contributed by atoms with Gasteiger partial charge in [-0.05, 0) is 38.3 Å². The number of aliphatic hydroxyl groups excluding tert-OH is 1. The maximum atomic E-state index is 12.0. The van der Waals surface area contributed by atoms with E-state index in [4.69, 9.17) is 0 Å². The molecule has 1 aromatic rings. The van der Waals surface area contributed by atoms with Gasteiger partial charge < -0.3 is 15.4 Å². The fourth-order valence-corrected chi connectivity index (χ4v) is 2.48. The lowest BCUT2D eigenvalue weighted by atomic mass is 9.92. The third-order valence-electron chi connectivity index (χ3n) is 3.42. The zero-order chi connectivity index (χ0) is 12.4. The van der Waals surface area contributed by atoms with Gasteiger partial charge in [0.2, 0.25) is 0 Å². The summed E-state index contributed by atoms with van der Waals surface area (Å²) in [7, 11) is 0. The Labute approximate surface area is 101 Å². The van der Waals surface area contributed by atoms with Crippen molar-refractivity contribution in [3.8, 4) is 0 Å². The average Bonchev–Trinajstić information content (AvgIpc) is 2.61. The molecule has 1 aromatic heterocycles. The molecule has 2 unspecified atom stereocenters. The monoisotopic (exact) mass is 236 g/mol. The number of carbonyl (C=O) groups excluding carboxylic acids is 1. The maximum Gasteiger partial charge on any atom is 0.268 e. The molecule has 0 aromatic carbocycles. The van der Waals surface area contributed by atoms with Crippen molar-refractivity contribution in [3.05, 3.63) is 23.0 Å². The van der Waals surface area contributed by atoms with Crippen LogP contribution in [0.5, 0.6) is 0 Å². The summed E-state index contributed by atoms with van der Waals surface area (Å²) in [6.45, 7) is 3.84. The molecule has 94 valence electrons. The summed E-state index contributed by atoms with van der Waals surface area (Å²) in [5.41, 5.74) is 2.54. The van der Waals surface area contributed by atoms with Gasteiger partial charge in [0, 0.05) is 5.69 Å². The Morgan fingerprint density at radius 2 is 2.12 bits per heavy atom. The van der Waals surface area contributed by atoms with Crippen LogP contribution in [0.1, 0.15) is 47.4 Å². The Bertz CT molecular complexity index is 412. The minimum absolute atomic E-state index is 0.0979. The van der Waals surface area contributed by atoms with E-state index in [9.17, 15) is 9.90 Å². The summed E-state index contributed by atoms with van der Waals surface area (Å²) >= 11 is 0. The first-order chi connectivity index (χ1) is 8.08. The number of hydrogen-bond acceptors (Lipinski definition) is 2. The summed E-state index contributed by atoms with van der Waals surface area (Å²) in [5, 5.41) is 12.7. The molecule has 17 heavy (non-hydrogen) atoms. The van der Waals surface area contributed by atoms with E-state index in [1.165, 1.54) is 0 Å². The van der Waals surface area contributed by atoms with Gasteiger partial charge in [-0.1, -0.05) is 12.8 Å². The summed E-state index contributed by atoms with van der Waals surface area (Å²) in [6.07, 6.45) is 3.38. The van der Waals surface area contributed by atoms with E-state index in [1.54, 1.807) is 0 Å². The molecule has 1 aliphatic rings. The molecule has 1 amide bonds. The van der Waals surface area contributed by atoms with Crippen LogP contribution >= 0.6 is 0 Å². The normalized spacial score (nSPS) is 24.6. The van der Waals surface area contributed by atoms with Gasteiger partial charge in [0.25, 0.3) is 5.91 Å². The number of hydrogen-bond donors (Lipinski definition) is 3. The lowest BCUT2D eigenvalue weighted by molar-refractivity contribution is 0.0713. The van der Waals surface area contributed by atoms with Crippen LogP contribution in [0.2, 0.25) is 0 Å². The first-order valence-electron chi connectivity index (χ1n) is 6.23. The van der Waals surface area contributed by atoms with Gasteiger partial charge in [-0.15, -0.1) is 0 Å². The van der Waals surface area contributed by atoms with Crippen LogP contribution in [0, 0.1) is 13.8 Å². The SMILES string of the molecule is Cc1cc(C)c(C(=O)NC2CCCCC2O)[nH]1. The van der Waals surface area contributed by atoms with Crippen LogP contribution in [-0.2, 0) is 0 Å². The highest BCUT2D eigenvalue weighted by Gasteiger charge is 2.25. The van der Waals surface area contributed by atoms with Crippen LogP contribution in [0.25, 0.3) is 0 Å². The molecule has 0 bridgehead atoms. The Hall–Kier alpha value is -1.29. The molecule has 2 rings (SSSR count). The van der Waals surface area contributed by atoms with Crippen molar-refractivity contribution in [2.24, 2.45) is 0 Å². The molecular weight excluding hydrogens is 216 g/mol. The van der Waals surface area contributed by atoms with Crippen molar-refractivity contribution in [1.82, 2.24) is 10.3 Å². The van der Waals surface area contributed by atoms with Crippen molar-refractivity contribution < 1.29 is 9.90 Å². The van der Waals surface area contributed by atoms with Gasteiger partial charge in [-0.25, -0.2) is 0 Å². The van der Waals surface area contributed by atoms with Crippen LogP contribution < -0.4 is 5.32 Å². The first-order valence-corrected chi connectivity index (χ1v) is 6.23. The molecule has 0 saturated heterocycles. The molecule has 0 aliphatic heterocycles. The number of H-pyrrole nitrogens is 1. The quantitative estimate of drug-likeness (QED) is 0.731. The lowest BCUT2D eigenvalue weighted by Crippen LogP contribution is -2.45. The number of aromatic nitrogens is 1. The number of carbonyl (C=O) groups is 1. The highest BCUT2D eigenvalue weighted by Crippen LogP contribution is 2.19. The van der Waals surface area contributed by atoms with E-state index in [1.807, 2.05) is 19.9 Å². The van der Waals surface area contributed by atoms with Gasteiger partial charge in [-0.3, -0.25) is 4.79 Å². The van der Waals surface area contributed by atoms with Gasteiger partial charge in [0.05, 0.1) is 12.1 Å². The fraction of sp³-hybridized carbons (Fsp3) is 0.615. The molecule has 1 heterocycles. The maximum absolute atomic E-state index is 12.0. The van der Waals surface area contributed by atoms with E-state index in [2.05, 4.69) is 10.3 Å². The first kappa shape index (κ1) is 12.2. The number of aryl methyl sites for hydroxylation is 2. The molecule has 3 N–H and O–H groups in total. The van der Waals surface area contributed by atoms with Crippen LogP contribution in [0.4, 0.5) is 0 Å². The Morgan fingerprint density at radius 1 is 1.41 bits per heavy atom. The third kappa shape index (κ3) is 2.69. The Kier molecular flexibility index (Phi) is 3.52. The Balaban J connectivity index is 2.03. The van der Waals surface area contributed by atoms with Crippen molar-refractivity contribution in [2.45, 2.75) is 51.7 Å². The van der Waals surface area contributed by atoms with Crippen LogP contribution in [0.15, 0.2) is 6.07 Å². The number of rotatable bonds is 2. The van der Waals surface area contributed by atoms with Crippen LogP contribution in [0.3, 0.4) is 0 Å². The molecular formula is C13H20N2O2. The second-order valence-electron chi connectivity index (χ2n) is 4.94. The topological polar surface area (TPSA) is 65.1 Å². The summed E-state index contributed by atoms with van der Waals surface area (Å²) in [6, 6.07) is 1.85. The second kappa shape index (κ2) is 4.92. The van der Waals surface area contributed by atoms with Crippen molar-refractivity contribution >= 4 is 5.91 Å². The number of aliphatic hydroxyl groups is 1. The number of nitrogens with one attached hydrogen (secondary N) is 2. The Morgan fingerprint density at radius 3 is 2.71 bits per heavy atom. The molecule has 4 heteroatoms. The predicted molar refractivity (Wildman–Crippen MR) is 66.0 cm³/mol. The van der Waals surface area contributed by atoms with E-state index in [0.717, 1.165) is 36.9 Å². The summed E-state index contributed by atoms with van der Waals surface area (Å²) in [5.74, 6) is -0.110. The molecule has 0 radical (unpaired) electrons. The van der Waals surface area contributed by atoms with Crippen molar-refractivity contribution in [1.29, 1.82) is 0 Å². The average molecular weight is 236 g/mol. The molecule has 1 aliphatic carbocycles. The van der Waals surface area contributed by atoms with Crippen molar-refractivity contribution in [3.63, 3.8) is 0 Å². The molecule has 4 nitrogen and oxygen atoms in total. The zero-order valence-electron chi connectivity index (χ0n) is 10.4. The van der Waals surface area contributed by atoms with Gasteiger partial charge in [-0.2, -0.15) is 0 Å². The third-order valence-corrected chi connectivity index (χ3v) is 3.42. The number of aromatic amines is 1. The molecule has 0 spiro atoms. The van der Waals surface area contributed by atoms with E-state index in [-0.39, 0.29) is 11.9 Å². The van der Waals surface area contributed by atoms with E-state index in [0.29, 0.717) is 5.69 Å². The lowest BCUT2D eigenvalue weighted by Gasteiger charge is -2.28. The molecule has 2 atom stereocenters. The second-order valence-corrected chi connectivity index (χ2v) is 4.94. The zero-order valence-corrected chi connectivity index (χ0v) is 10.4. The fourth-order valence-electron chi connectivity index (χ4n) is 2.48. The highest BCUT2D eigenvalue weighted by molar-refractivity contribution is 5.94. The minimum atomic E-state index is -0.399. The highest BCUT2D eigenvalue weighted by atomic mass is 16.3. The largest absolute Gasteiger partial charge is 0.391 e. The summed E-state index contributed by atoms with van der Waals surface area (Å²) in [4.78, 5) is 15.1. The van der Waals surface area contributed by atoms with E-state index >= 15 is 0 Å². The van der Waals surface area contributed by atoms with Gasteiger partial charge >= 0.3 is 0 Å². The predicted octanol–water partition coefficient (Wildman–Crippen LogP) is 1.66. The van der Waals surface area contributed by atoms with Gasteiger partial charge in [0.15, 0.2) is 0 Å². The summed E-state index contributed by atoms with van der Waals surface area (Å²) < 4.78 is 0. The molecule has 1 saturated carbocycles.